The largest absolute Gasteiger partial charge is 0.377 e. The van der Waals surface area contributed by atoms with Crippen LogP contribution in [0.5, 0.6) is 0 Å². The van der Waals surface area contributed by atoms with Crippen molar-refractivity contribution in [2.24, 2.45) is 0 Å². The Labute approximate surface area is 152 Å². The fourth-order valence-electron chi connectivity index (χ4n) is 2.92. The molecule has 1 saturated heterocycles. The van der Waals surface area contributed by atoms with E-state index in [0.717, 1.165) is 4.68 Å². The first-order valence-corrected chi connectivity index (χ1v) is 8.24. The van der Waals surface area contributed by atoms with Gasteiger partial charge in [-0.2, -0.15) is 14.9 Å². The number of hydrogen-bond donors (Lipinski definition) is 1. The maximum absolute atomic E-state index is 14.1. The Bertz CT molecular complexity index is 1020. The molecular weight excluding hydrogens is 355 g/mol. The number of nitrogens with one attached hydrogen (secondary N) is 1. The number of nitrogens with zero attached hydrogens (tertiary/aromatic N) is 5. The normalized spacial score (nSPS) is 17.1. The minimum Gasteiger partial charge on any atom is -0.377 e. The van der Waals surface area contributed by atoms with Crippen molar-refractivity contribution in [3.63, 3.8) is 0 Å². The minimum atomic E-state index is -0.609. The molecular formula is C17H15FN6O3. The summed E-state index contributed by atoms with van der Waals surface area (Å²) in [7, 11) is 0. The van der Waals surface area contributed by atoms with Crippen molar-refractivity contribution in [2.75, 3.05) is 19.8 Å². The SMILES string of the molecule is O=C(c1ccc(=O)n(-c2ccccc2F)n1)N1CCOCC1c1ncn[nH]1. The highest BCUT2D eigenvalue weighted by Crippen LogP contribution is 2.22. The lowest BCUT2D eigenvalue weighted by atomic mass is 10.2. The Morgan fingerprint density at radius 2 is 2.11 bits per heavy atom. The van der Waals surface area contributed by atoms with E-state index in [0.29, 0.717) is 19.0 Å². The lowest BCUT2D eigenvalue weighted by molar-refractivity contribution is -0.00552. The topological polar surface area (TPSA) is 106 Å². The summed E-state index contributed by atoms with van der Waals surface area (Å²) in [6.07, 6.45) is 1.35. The van der Waals surface area contributed by atoms with Gasteiger partial charge in [0.1, 0.15) is 35.4 Å². The molecule has 0 bridgehead atoms. The van der Waals surface area contributed by atoms with Crippen molar-refractivity contribution >= 4 is 5.91 Å². The monoisotopic (exact) mass is 370 g/mol. The predicted molar refractivity (Wildman–Crippen MR) is 90.8 cm³/mol. The summed E-state index contributed by atoms with van der Waals surface area (Å²) in [6.45, 7) is 0.946. The number of rotatable bonds is 3. The molecule has 138 valence electrons. The van der Waals surface area contributed by atoms with Crippen molar-refractivity contribution in [1.82, 2.24) is 29.9 Å². The first-order valence-electron chi connectivity index (χ1n) is 8.24. The second-order valence-electron chi connectivity index (χ2n) is 5.88. The zero-order valence-corrected chi connectivity index (χ0v) is 14.1. The van der Waals surface area contributed by atoms with E-state index in [-0.39, 0.29) is 18.0 Å². The van der Waals surface area contributed by atoms with Crippen LogP contribution in [0.3, 0.4) is 0 Å². The molecule has 3 heterocycles. The summed E-state index contributed by atoms with van der Waals surface area (Å²) in [6, 6.07) is 7.80. The van der Waals surface area contributed by atoms with Crippen LogP contribution in [0.15, 0.2) is 47.5 Å². The molecule has 0 spiro atoms. The van der Waals surface area contributed by atoms with E-state index in [4.69, 9.17) is 4.74 Å². The summed E-state index contributed by atoms with van der Waals surface area (Å²) in [5.41, 5.74) is -0.541. The Hall–Kier alpha value is -3.40. The van der Waals surface area contributed by atoms with Crippen LogP contribution >= 0.6 is 0 Å². The van der Waals surface area contributed by atoms with E-state index in [1.807, 2.05) is 0 Å². The second kappa shape index (κ2) is 7.08. The first-order chi connectivity index (χ1) is 13.1. The number of benzene rings is 1. The van der Waals surface area contributed by atoms with E-state index in [1.54, 1.807) is 11.0 Å². The van der Waals surface area contributed by atoms with Gasteiger partial charge in [-0.3, -0.25) is 14.7 Å². The van der Waals surface area contributed by atoms with Crippen molar-refractivity contribution in [3.8, 4) is 5.69 Å². The van der Waals surface area contributed by atoms with Gasteiger partial charge in [-0.05, 0) is 18.2 Å². The van der Waals surface area contributed by atoms with Crippen molar-refractivity contribution in [2.45, 2.75) is 6.04 Å². The van der Waals surface area contributed by atoms with Gasteiger partial charge >= 0.3 is 0 Å². The predicted octanol–water partition coefficient (Wildman–Crippen LogP) is 0.703. The standard InChI is InChI=1S/C17H15FN6O3/c18-11-3-1-2-4-13(11)24-15(25)6-5-12(22-24)17(26)23-7-8-27-9-14(23)16-19-10-20-21-16/h1-6,10,14H,7-9H2,(H,19,20,21). The summed E-state index contributed by atoms with van der Waals surface area (Å²) in [5.74, 6) is -0.530. The molecule has 1 unspecified atom stereocenters. The van der Waals surface area contributed by atoms with E-state index in [1.165, 1.54) is 36.7 Å². The molecule has 1 N–H and O–H groups in total. The quantitative estimate of drug-likeness (QED) is 0.728. The van der Waals surface area contributed by atoms with E-state index < -0.39 is 23.3 Å². The first kappa shape index (κ1) is 17.0. The highest BCUT2D eigenvalue weighted by Gasteiger charge is 2.32. The number of morpholine rings is 1. The fourth-order valence-corrected chi connectivity index (χ4v) is 2.92. The number of para-hydroxylation sites is 1. The number of carbonyl (C=O) groups excluding carboxylic acids is 1. The van der Waals surface area contributed by atoms with Crippen LogP contribution in [-0.2, 0) is 4.74 Å². The van der Waals surface area contributed by atoms with Crippen LogP contribution < -0.4 is 5.56 Å². The molecule has 10 heteroatoms. The van der Waals surface area contributed by atoms with Crippen LogP contribution in [0.2, 0.25) is 0 Å². The van der Waals surface area contributed by atoms with Crippen molar-refractivity contribution < 1.29 is 13.9 Å². The molecule has 4 rings (SSSR count). The molecule has 0 aliphatic carbocycles. The number of aromatic amines is 1. The van der Waals surface area contributed by atoms with Crippen LogP contribution in [0.25, 0.3) is 5.69 Å². The molecule has 2 aromatic heterocycles. The lowest BCUT2D eigenvalue weighted by Crippen LogP contribution is -2.44. The van der Waals surface area contributed by atoms with E-state index >= 15 is 0 Å². The van der Waals surface area contributed by atoms with Crippen molar-refractivity contribution in [1.29, 1.82) is 0 Å². The van der Waals surface area contributed by atoms with Crippen LogP contribution in [0, 0.1) is 5.82 Å². The Morgan fingerprint density at radius 3 is 2.89 bits per heavy atom. The van der Waals surface area contributed by atoms with Gasteiger partial charge < -0.3 is 9.64 Å². The van der Waals surface area contributed by atoms with Crippen LogP contribution in [-0.4, -0.2) is 55.5 Å². The molecule has 3 aromatic rings. The maximum atomic E-state index is 14.1. The molecule has 1 aliphatic rings. The molecule has 1 amide bonds. The average molecular weight is 370 g/mol. The molecule has 9 nitrogen and oxygen atoms in total. The van der Waals surface area contributed by atoms with E-state index in [2.05, 4.69) is 20.3 Å². The summed E-state index contributed by atoms with van der Waals surface area (Å²) in [5, 5.41) is 10.6. The van der Waals surface area contributed by atoms with Gasteiger partial charge in [-0.25, -0.2) is 9.37 Å². The third kappa shape index (κ3) is 3.22. The number of ether oxygens (including phenoxy) is 1. The Balaban J connectivity index is 1.71. The third-order valence-electron chi connectivity index (χ3n) is 4.24. The highest BCUT2D eigenvalue weighted by atomic mass is 19.1. The van der Waals surface area contributed by atoms with Crippen molar-refractivity contribution in [3.05, 3.63) is 70.4 Å². The van der Waals surface area contributed by atoms with Crippen LogP contribution in [0.1, 0.15) is 22.4 Å². The number of carbonyl (C=O) groups is 1. The van der Waals surface area contributed by atoms with Gasteiger partial charge in [0.15, 0.2) is 0 Å². The minimum absolute atomic E-state index is 0.0178. The second-order valence-corrected chi connectivity index (χ2v) is 5.88. The van der Waals surface area contributed by atoms with E-state index in [9.17, 15) is 14.0 Å². The van der Waals surface area contributed by atoms with Gasteiger partial charge in [-0.1, -0.05) is 12.1 Å². The van der Waals surface area contributed by atoms with Gasteiger partial charge in [0.05, 0.1) is 13.2 Å². The smallest absolute Gasteiger partial charge is 0.275 e. The third-order valence-corrected chi connectivity index (χ3v) is 4.24. The lowest BCUT2D eigenvalue weighted by Gasteiger charge is -2.33. The zero-order valence-electron chi connectivity index (χ0n) is 14.1. The number of amides is 1. The number of halogens is 1. The Morgan fingerprint density at radius 1 is 1.26 bits per heavy atom. The molecule has 1 atom stereocenters. The molecule has 1 fully saturated rings. The number of aromatic nitrogens is 5. The highest BCUT2D eigenvalue weighted by molar-refractivity contribution is 5.92. The molecule has 1 aromatic carbocycles. The fraction of sp³-hybridized carbons (Fsp3) is 0.235. The molecule has 27 heavy (non-hydrogen) atoms. The summed E-state index contributed by atoms with van der Waals surface area (Å²) >= 11 is 0. The maximum Gasteiger partial charge on any atom is 0.275 e. The zero-order chi connectivity index (χ0) is 18.8. The summed E-state index contributed by atoms with van der Waals surface area (Å²) in [4.78, 5) is 30.8. The molecule has 1 aliphatic heterocycles. The number of hydrogen-bond acceptors (Lipinski definition) is 6. The average Bonchev–Trinajstić information content (AvgIpc) is 3.23. The van der Waals surface area contributed by atoms with Gasteiger partial charge in [-0.15, -0.1) is 0 Å². The molecule has 0 saturated carbocycles. The number of H-pyrrole nitrogens is 1. The Kier molecular flexibility index (Phi) is 4.47. The van der Waals surface area contributed by atoms with Gasteiger partial charge in [0.25, 0.3) is 11.5 Å². The van der Waals surface area contributed by atoms with Gasteiger partial charge in [0.2, 0.25) is 0 Å². The van der Waals surface area contributed by atoms with Gasteiger partial charge in [0, 0.05) is 12.6 Å². The summed E-state index contributed by atoms with van der Waals surface area (Å²) < 4.78 is 20.4. The van der Waals surface area contributed by atoms with Crippen LogP contribution in [0.4, 0.5) is 4.39 Å². The molecule has 0 radical (unpaired) electrons.